The van der Waals surface area contributed by atoms with Crippen LogP contribution >= 0.6 is 0 Å². The van der Waals surface area contributed by atoms with Gasteiger partial charge >= 0.3 is 0 Å². The summed E-state index contributed by atoms with van der Waals surface area (Å²) < 4.78 is 0. The van der Waals surface area contributed by atoms with Crippen molar-refractivity contribution < 1.29 is 0 Å². The molecule has 2 nitrogen and oxygen atoms in total. The molecule has 21 heavy (non-hydrogen) atoms. The molecule has 2 aromatic carbocycles. The number of anilines is 1. The molecule has 0 fully saturated rings. The molecule has 104 valence electrons. The summed E-state index contributed by atoms with van der Waals surface area (Å²) in [6.45, 7) is 3.55. The predicted molar refractivity (Wildman–Crippen MR) is 87.1 cm³/mol. The van der Waals surface area contributed by atoms with E-state index in [0.29, 0.717) is 6.54 Å². The quantitative estimate of drug-likeness (QED) is 0.846. The number of hydrogen-bond donors (Lipinski definition) is 0. The molecule has 0 bridgehead atoms. The van der Waals surface area contributed by atoms with Gasteiger partial charge in [0.25, 0.3) is 0 Å². The summed E-state index contributed by atoms with van der Waals surface area (Å²) in [5, 5.41) is 9.72. The first kappa shape index (κ1) is 13.5. The third-order valence-electron chi connectivity index (χ3n) is 4.07. The maximum absolute atomic E-state index is 9.72. The summed E-state index contributed by atoms with van der Waals surface area (Å²) in [5.41, 5.74) is 2.98. The van der Waals surface area contributed by atoms with E-state index in [-0.39, 0.29) is 0 Å². The van der Waals surface area contributed by atoms with E-state index in [4.69, 9.17) is 0 Å². The van der Waals surface area contributed by atoms with Crippen LogP contribution in [0.2, 0.25) is 0 Å². The van der Waals surface area contributed by atoms with E-state index >= 15 is 0 Å². The number of nitriles is 1. The maximum Gasteiger partial charge on any atom is 0.0968 e. The molecule has 0 N–H and O–H groups in total. The summed E-state index contributed by atoms with van der Waals surface area (Å²) in [7, 11) is 0. The summed E-state index contributed by atoms with van der Waals surface area (Å²) in [6.07, 6.45) is 4.31. The Balaban J connectivity index is 1.93. The van der Waals surface area contributed by atoms with Crippen LogP contribution in [0, 0.1) is 11.3 Å². The van der Waals surface area contributed by atoms with Crippen molar-refractivity contribution in [3.63, 3.8) is 0 Å². The predicted octanol–water partition coefficient (Wildman–Crippen LogP) is 4.00. The maximum atomic E-state index is 9.72. The molecule has 2 aromatic rings. The van der Waals surface area contributed by atoms with E-state index in [2.05, 4.69) is 41.3 Å². The van der Waals surface area contributed by atoms with Crippen molar-refractivity contribution >= 4 is 11.8 Å². The summed E-state index contributed by atoms with van der Waals surface area (Å²) in [6, 6.07) is 20.9. The average molecular weight is 274 g/mol. The van der Waals surface area contributed by atoms with Gasteiger partial charge in [-0.1, -0.05) is 60.7 Å². The first-order chi connectivity index (χ1) is 10.2. The molecule has 3 rings (SSSR count). The molecule has 2 heteroatoms. The number of benzene rings is 2. The van der Waals surface area contributed by atoms with E-state index in [0.717, 1.165) is 12.1 Å². The van der Waals surface area contributed by atoms with Crippen LogP contribution in [0.5, 0.6) is 0 Å². The Kier molecular flexibility index (Phi) is 3.50. The summed E-state index contributed by atoms with van der Waals surface area (Å²) >= 11 is 0. The number of para-hydroxylation sites is 1. The second-order valence-corrected chi connectivity index (χ2v) is 5.65. The fraction of sp³-hybridized carbons (Fsp3) is 0.211. The SMILES string of the molecule is CC(C#N)(CN1CC=Cc2ccccc21)c1ccccc1. The molecule has 0 aliphatic carbocycles. The molecule has 0 spiro atoms. The first-order valence-corrected chi connectivity index (χ1v) is 7.20. The van der Waals surface area contributed by atoms with Gasteiger partial charge in [-0.25, -0.2) is 0 Å². The fourth-order valence-electron chi connectivity index (χ4n) is 2.85. The molecule has 1 heterocycles. The normalized spacial score (nSPS) is 15.9. The van der Waals surface area contributed by atoms with Crippen LogP contribution < -0.4 is 4.90 Å². The lowest BCUT2D eigenvalue weighted by Gasteiger charge is -2.34. The smallest absolute Gasteiger partial charge is 0.0968 e. The van der Waals surface area contributed by atoms with Crippen LogP contribution in [0.3, 0.4) is 0 Å². The van der Waals surface area contributed by atoms with Crippen LogP contribution in [-0.2, 0) is 5.41 Å². The van der Waals surface area contributed by atoms with Gasteiger partial charge in [-0.2, -0.15) is 5.26 Å². The van der Waals surface area contributed by atoms with Crippen molar-refractivity contribution in [2.75, 3.05) is 18.0 Å². The van der Waals surface area contributed by atoms with Crippen molar-refractivity contribution in [2.24, 2.45) is 0 Å². The summed E-state index contributed by atoms with van der Waals surface area (Å²) in [5.74, 6) is 0. The van der Waals surface area contributed by atoms with Gasteiger partial charge < -0.3 is 4.90 Å². The molecule has 1 aliphatic heterocycles. The number of nitrogens with zero attached hydrogens (tertiary/aromatic N) is 2. The third kappa shape index (κ3) is 2.55. The molecule has 0 saturated heterocycles. The molecule has 0 radical (unpaired) electrons. The van der Waals surface area contributed by atoms with Crippen LogP contribution in [-0.4, -0.2) is 13.1 Å². The highest BCUT2D eigenvalue weighted by atomic mass is 15.1. The van der Waals surface area contributed by atoms with Gasteiger partial charge in [-0.05, 0) is 24.1 Å². The molecule has 1 atom stereocenters. The lowest BCUT2D eigenvalue weighted by Crippen LogP contribution is -2.39. The molecule has 1 aliphatic rings. The van der Waals surface area contributed by atoms with E-state index in [9.17, 15) is 5.26 Å². The zero-order chi connectivity index (χ0) is 14.7. The highest BCUT2D eigenvalue weighted by Crippen LogP contribution is 2.31. The van der Waals surface area contributed by atoms with E-state index < -0.39 is 5.41 Å². The first-order valence-electron chi connectivity index (χ1n) is 7.20. The largest absolute Gasteiger partial charge is 0.365 e. The van der Waals surface area contributed by atoms with Gasteiger partial charge in [0.2, 0.25) is 0 Å². The van der Waals surface area contributed by atoms with Crippen LogP contribution in [0.1, 0.15) is 18.1 Å². The lowest BCUT2D eigenvalue weighted by atomic mass is 9.83. The van der Waals surface area contributed by atoms with Gasteiger partial charge in [0.15, 0.2) is 0 Å². The zero-order valence-corrected chi connectivity index (χ0v) is 12.2. The van der Waals surface area contributed by atoms with E-state index in [1.54, 1.807) is 0 Å². The minimum absolute atomic E-state index is 0.514. The minimum Gasteiger partial charge on any atom is -0.365 e. The number of fused-ring (bicyclic) bond motifs is 1. The Bertz CT molecular complexity index is 697. The molecule has 1 unspecified atom stereocenters. The third-order valence-corrected chi connectivity index (χ3v) is 4.07. The minimum atomic E-state index is -0.514. The van der Waals surface area contributed by atoms with Gasteiger partial charge in [-0.15, -0.1) is 0 Å². The monoisotopic (exact) mass is 274 g/mol. The van der Waals surface area contributed by atoms with E-state index in [1.165, 1.54) is 11.3 Å². The Morgan fingerprint density at radius 1 is 1.10 bits per heavy atom. The average Bonchev–Trinajstić information content (AvgIpc) is 2.56. The second kappa shape index (κ2) is 5.46. The van der Waals surface area contributed by atoms with Gasteiger partial charge in [0.1, 0.15) is 0 Å². The highest BCUT2D eigenvalue weighted by Gasteiger charge is 2.30. The van der Waals surface area contributed by atoms with Gasteiger partial charge in [0, 0.05) is 18.8 Å². The Labute approximate surface area is 126 Å². The van der Waals surface area contributed by atoms with Crippen LogP contribution in [0.15, 0.2) is 60.7 Å². The van der Waals surface area contributed by atoms with Gasteiger partial charge in [0.05, 0.1) is 11.5 Å². The Morgan fingerprint density at radius 2 is 1.81 bits per heavy atom. The molecular weight excluding hydrogens is 256 g/mol. The fourth-order valence-corrected chi connectivity index (χ4v) is 2.85. The van der Waals surface area contributed by atoms with Crippen LogP contribution in [0.4, 0.5) is 5.69 Å². The standard InChI is InChI=1S/C19H18N2/c1-19(14-20,17-10-3-2-4-11-17)15-21-13-7-9-16-8-5-6-12-18(16)21/h2-12H,13,15H2,1H3. The highest BCUT2D eigenvalue weighted by molar-refractivity contribution is 5.71. The Hall–Kier alpha value is -2.53. The van der Waals surface area contributed by atoms with Crippen molar-refractivity contribution in [2.45, 2.75) is 12.3 Å². The second-order valence-electron chi connectivity index (χ2n) is 5.65. The lowest BCUT2D eigenvalue weighted by molar-refractivity contribution is 0.591. The molecular formula is C19H18N2. The number of rotatable bonds is 3. The van der Waals surface area contributed by atoms with Gasteiger partial charge in [-0.3, -0.25) is 0 Å². The van der Waals surface area contributed by atoms with Crippen molar-refractivity contribution in [1.82, 2.24) is 0 Å². The van der Waals surface area contributed by atoms with Crippen molar-refractivity contribution in [3.8, 4) is 6.07 Å². The molecule has 0 amide bonds. The van der Waals surface area contributed by atoms with Crippen molar-refractivity contribution in [1.29, 1.82) is 5.26 Å². The topological polar surface area (TPSA) is 27.0 Å². The molecule has 0 aromatic heterocycles. The Morgan fingerprint density at radius 3 is 2.57 bits per heavy atom. The zero-order valence-electron chi connectivity index (χ0n) is 12.2. The summed E-state index contributed by atoms with van der Waals surface area (Å²) in [4.78, 5) is 2.28. The van der Waals surface area contributed by atoms with Crippen molar-refractivity contribution in [3.05, 3.63) is 71.8 Å². The molecule has 0 saturated carbocycles. The van der Waals surface area contributed by atoms with Crippen LogP contribution in [0.25, 0.3) is 6.08 Å². The van der Waals surface area contributed by atoms with E-state index in [1.807, 2.05) is 43.3 Å². The number of hydrogen-bond acceptors (Lipinski definition) is 2.